The zero-order chi connectivity index (χ0) is 14.8. The molecule has 2 nitrogen and oxygen atoms in total. The van der Waals surface area contributed by atoms with Gasteiger partial charge in [0.25, 0.3) is 0 Å². The summed E-state index contributed by atoms with van der Waals surface area (Å²) in [5, 5.41) is 0. The average molecular weight is 291 g/mol. The summed E-state index contributed by atoms with van der Waals surface area (Å²) in [7, 11) is 0. The van der Waals surface area contributed by atoms with E-state index in [0.717, 1.165) is 16.7 Å². The van der Waals surface area contributed by atoms with Gasteiger partial charge >= 0.3 is 6.18 Å². The summed E-state index contributed by atoms with van der Waals surface area (Å²) in [6, 6.07) is 3.65. The molecule has 0 radical (unpaired) electrons. The van der Waals surface area contributed by atoms with Crippen LogP contribution < -0.4 is 10.5 Å². The van der Waals surface area contributed by atoms with Gasteiger partial charge in [0.2, 0.25) is 0 Å². The Morgan fingerprint density at radius 2 is 1.89 bits per heavy atom. The Morgan fingerprint density at radius 1 is 1.32 bits per heavy atom. The first-order chi connectivity index (χ1) is 8.62. The Bertz CT molecular complexity index is 486. The zero-order valence-electron chi connectivity index (χ0n) is 11.0. The standard InChI is InChI=1S/C13H16F3NOS/c1-7-4-8(2)9(3)11(5-7)18-6-10(12(17)19)13(14,15)16/h4-5,10H,6H2,1-3H3,(H2,17,19). The SMILES string of the molecule is Cc1cc(C)c(C)c(OCC(C(N)=S)C(F)(F)F)c1. The van der Waals surface area contributed by atoms with Crippen molar-refractivity contribution >= 4 is 17.2 Å². The number of hydrogen-bond acceptors (Lipinski definition) is 2. The van der Waals surface area contributed by atoms with Crippen LogP contribution in [0.1, 0.15) is 16.7 Å². The maximum Gasteiger partial charge on any atom is 0.401 e. The predicted octanol–water partition coefficient (Wildman–Crippen LogP) is 3.46. The van der Waals surface area contributed by atoms with Crippen LogP contribution in [0.3, 0.4) is 0 Å². The molecule has 0 spiro atoms. The predicted molar refractivity (Wildman–Crippen MR) is 72.5 cm³/mol. The van der Waals surface area contributed by atoms with Gasteiger partial charge in [-0.25, -0.2) is 0 Å². The maximum atomic E-state index is 12.7. The first kappa shape index (κ1) is 15.8. The molecule has 2 N–H and O–H groups in total. The molecule has 1 rings (SSSR count). The molecule has 0 fully saturated rings. The highest BCUT2D eigenvalue weighted by atomic mass is 32.1. The first-order valence-electron chi connectivity index (χ1n) is 5.69. The van der Waals surface area contributed by atoms with E-state index in [1.807, 2.05) is 19.9 Å². The van der Waals surface area contributed by atoms with Crippen LogP contribution in [0.5, 0.6) is 5.75 Å². The molecule has 0 aliphatic rings. The first-order valence-corrected chi connectivity index (χ1v) is 6.10. The largest absolute Gasteiger partial charge is 0.492 e. The van der Waals surface area contributed by atoms with Gasteiger partial charge in [-0.15, -0.1) is 0 Å². The topological polar surface area (TPSA) is 35.2 Å². The van der Waals surface area contributed by atoms with Gasteiger partial charge in [0, 0.05) is 0 Å². The molecular formula is C13H16F3NOS. The monoisotopic (exact) mass is 291 g/mol. The van der Waals surface area contributed by atoms with Crippen molar-refractivity contribution in [1.29, 1.82) is 0 Å². The van der Waals surface area contributed by atoms with Crippen molar-refractivity contribution in [2.24, 2.45) is 11.7 Å². The number of aryl methyl sites for hydroxylation is 2. The van der Waals surface area contributed by atoms with Gasteiger partial charge in [-0.3, -0.25) is 0 Å². The number of hydrogen-bond donors (Lipinski definition) is 1. The molecule has 0 saturated carbocycles. The van der Waals surface area contributed by atoms with E-state index in [-0.39, 0.29) is 0 Å². The Morgan fingerprint density at radius 3 is 2.37 bits per heavy atom. The van der Waals surface area contributed by atoms with Crippen LogP contribution in [0.2, 0.25) is 0 Å². The normalized spacial score (nSPS) is 13.2. The van der Waals surface area contributed by atoms with Crippen molar-refractivity contribution in [2.45, 2.75) is 26.9 Å². The molecule has 106 valence electrons. The van der Waals surface area contributed by atoms with Crippen molar-refractivity contribution in [3.63, 3.8) is 0 Å². The molecule has 1 aromatic carbocycles. The highest BCUT2D eigenvalue weighted by Crippen LogP contribution is 2.29. The van der Waals surface area contributed by atoms with Gasteiger partial charge in [0.1, 0.15) is 18.3 Å². The van der Waals surface area contributed by atoms with E-state index in [4.69, 9.17) is 10.5 Å². The fraction of sp³-hybridized carbons (Fsp3) is 0.462. The van der Waals surface area contributed by atoms with Crippen LogP contribution in [0, 0.1) is 26.7 Å². The minimum Gasteiger partial charge on any atom is -0.492 e. The lowest BCUT2D eigenvalue weighted by Crippen LogP contribution is -2.38. The minimum absolute atomic E-state index is 0.433. The van der Waals surface area contributed by atoms with E-state index >= 15 is 0 Å². The smallest absolute Gasteiger partial charge is 0.401 e. The number of alkyl halides is 3. The molecule has 0 aromatic heterocycles. The van der Waals surface area contributed by atoms with Crippen LogP contribution in [0.25, 0.3) is 0 Å². The molecular weight excluding hydrogens is 275 g/mol. The summed E-state index contributed by atoms with van der Waals surface area (Å²) in [5.74, 6) is -1.49. The fourth-order valence-corrected chi connectivity index (χ4v) is 1.86. The molecule has 0 amide bonds. The lowest BCUT2D eigenvalue weighted by atomic mass is 10.1. The Labute approximate surface area is 115 Å². The van der Waals surface area contributed by atoms with Crippen LogP contribution >= 0.6 is 12.2 Å². The second-order valence-electron chi connectivity index (χ2n) is 4.51. The van der Waals surface area contributed by atoms with Gasteiger partial charge in [-0.1, -0.05) is 18.3 Å². The molecule has 1 atom stereocenters. The third-order valence-electron chi connectivity index (χ3n) is 2.91. The summed E-state index contributed by atoms with van der Waals surface area (Å²) in [6.45, 7) is 4.94. The van der Waals surface area contributed by atoms with Crippen molar-refractivity contribution in [2.75, 3.05) is 6.61 Å². The van der Waals surface area contributed by atoms with Crippen LogP contribution in [-0.2, 0) is 0 Å². The Kier molecular flexibility index (Phi) is 4.79. The number of halogens is 3. The quantitative estimate of drug-likeness (QED) is 0.863. The second-order valence-corrected chi connectivity index (χ2v) is 4.98. The lowest BCUT2D eigenvalue weighted by Gasteiger charge is -2.20. The average Bonchev–Trinajstić information content (AvgIpc) is 2.22. The Balaban J connectivity index is 2.89. The number of ether oxygens (including phenoxy) is 1. The zero-order valence-corrected chi connectivity index (χ0v) is 11.8. The molecule has 6 heteroatoms. The summed E-state index contributed by atoms with van der Waals surface area (Å²) in [4.78, 5) is -0.602. The van der Waals surface area contributed by atoms with Crippen LogP contribution in [-0.4, -0.2) is 17.8 Å². The summed E-state index contributed by atoms with van der Waals surface area (Å²) >= 11 is 4.44. The van der Waals surface area contributed by atoms with E-state index in [2.05, 4.69) is 12.2 Å². The molecule has 0 aliphatic carbocycles. The van der Waals surface area contributed by atoms with Gasteiger partial charge in [0.05, 0.1) is 4.99 Å². The van der Waals surface area contributed by atoms with E-state index in [1.54, 1.807) is 13.0 Å². The second kappa shape index (κ2) is 5.77. The van der Waals surface area contributed by atoms with Crippen LogP contribution in [0.4, 0.5) is 13.2 Å². The summed E-state index contributed by atoms with van der Waals surface area (Å²) in [6.07, 6.45) is -4.49. The number of thiocarbonyl (C=S) groups is 1. The molecule has 0 aliphatic heterocycles. The van der Waals surface area contributed by atoms with E-state index in [0.29, 0.717) is 5.75 Å². The molecule has 1 aromatic rings. The molecule has 19 heavy (non-hydrogen) atoms. The van der Waals surface area contributed by atoms with Gasteiger partial charge in [0.15, 0.2) is 0 Å². The molecule has 0 heterocycles. The fourth-order valence-electron chi connectivity index (χ4n) is 1.66. The van der Waals surface area contributed by atoms with E-state index < -0.39 is 23.7 Å². The number of rotatable bonds is 4. The van der Waals surface area contributed by atoms with Gasteiger partial charge < -0.3 is 10.5 Å². The maximum absolute atomic E-state index is 12.7. The third-order valence-corrected chi connectivity index (χ3v) is 3.19. The van der Waals surface area contributed by atoms with E-state index in [1.165, 1.54) is 0 Å². The minimum atomic E-state index is -4.49. The number of nitrogens with two attached hydrogens (primary N) is 1. The van der Waals surface area contributed by atoms with Gasteiger partial charge in [-0.05, 0) is 43.5 Å². The highest BCUT2D eigenvalue weighted by molar-refractivity contribution is 7.80. The number of benzene rings is 1. The third kappa shape index (κ3) is 4.09. The van der Waals surface area contributed by atoms with E-state index in [9.17, 15) is 13.2 Å². The van der Waals surface area contributed by atoms with Crippen molar-refractivity contribution < 1.29 is 17.9 Å². The molecule has 0 bridgehead atoms. The van der Waals surface area contributed by atoms with Crippen molar-refractivity contribution in [1.82, 2.24) is 0 Å². The molecule has 1 unspecified atom stereocenters. The molecule has 0 saturated heterocycles. The lowest BCUT2D eigenvalue weighted by molar-refractivity contribution is -0.161. The van der Waals surface area contributed by atoms with Crippen LogP contribution in [0.15, 0.2) is 12.1 Å². The highest BCUT2D eigenvalue weighted by Gasteiger charge is 2.42. The van der Waals surface area contributed by atoms with Crippen molar-refractivity contribution in [3.05, 3.63) is 28.8 Å². The Hall–Kier alpha value is -1.30. The summed E-state index contributed by atoms with van der Waals surface area (Å²) in [5.41, 5.74) is 7.82. The van der Waals surface area contributed by atoms with Crippen molar-refractivity contribution in [3.8, 4) is 5.75 Å². The van der Waals surface area contributed by atoms with Gasteiger partial charge in [-0.2, -0.15) is 13.2 Å². The summed E-state index contributed by atoms with van der Waals surface area (Å²) < 4.78 is 43.3.